The zero-order valence-corrected chi connectivity index (χ0v) is 34.9. The summed E-state index contributed by atoms with van der Waals surface area (Å²) < 4.78 is 0. The van der Waals surface area contributed by atoms with Crippen LogP contribution in [0.5, 0.6) is 0 Å². The molecule has 0 saturated carbocycles. The topological polar surface area (TPSA) is 279 Å². The van der Waals surface area contributed by atoms with Gasteiger partial charge in [-0.3, -0.25) is 33.8 Å². The largest absolute Gasteiger partial charge is 0.370 e. The van der Waals surface area contributed by atoms with Gasteiger partial charge in [0.15, 0.2) is 5.96 Å². The van der Waals surface area contributed by atoms with Gasteiger partial charge in [-0.2, -0.15) is 0 Å². The Morgan fingerprint density at radius 2 is 0.967 bits per heavy atom. The van der Waals surface area contributed by atoms with Gasteiger partial charge in [-0.15, -0.1) is 0 Å². The highest BCUT2D eigenvalue weighted by Gasteiger charge is 2.34. The summed E-state index contributed by atoms with van der Waals surface area (Å²) >= 11 is 0. The average Bonchev–Trinajstić information content (AvgIpc) is 3.20. The molecule has 16 heteroatoms. The monoisotopic (exact) mass is 826 g/mol. The zero-order chi connectivity index (χ0) is 44.2. The molecule has 0 heterocycles. The second-order valence-electron chi connectivity index (χ2n) is 15.6. The molecule has 13 N–H and O–H groups in total. The van der Waals surface area contributed by atoms with Crippen LogP contribution in [0.25, 0.3) is 0 Å². The molecule has 0 spiro atoms. The van der Waals surface area contributed by atoms with E-state index in [1.807, 2.05) is 56.3 Å². The van der Waals surface area contributed by atoms with E-state index in [4.69, 9.17) is 22.9 Å². The highest BCUT2D eigenvalue weighted by Crippen LogP contribution is 2.12. The maximum atomic E-state index is 14.2. The summed E-state index contributed by atoms with van der Waals surface area (Å²) in [5.74, 6) is -4.49. The molecule has 0 saturated heterocycles. The Hall–Kier alpha value is -6.29. The number of primary amides is 1. The van der Waals surface area contributed by atoms with Crippen molar-refractivity contribution in [3.63, 3.8) is 0 Å². The van der Waals surface area contributed by atoms with Crippen LogP contribution in [0.3, 0.4) is 0 Å². The summed E-state index contributed by atoms with van der Waals surface area (Å²) in [5, 5.41) is 13.8. The molecule has 0 radical (unpaired) electrons. The van der Waals surface area contributed by atoms with Crippen LogP contribution >= 0.6 is 0 Å². The lowest BCUT2D eigenvalue weighted by Gasteiger charge is -2.29. The number of carbonyl (C=O) groups excluding carboxylic acids is 6. The van der Waals surface area contributed by atoms with Crippen LogP contribution in [0.4, 0.5) is 0 Å². The number of hydrogen-bond acceptors (Lipinski definition) is 8. The van der Waals surface area contributed by atoms with Gasteiger partial charge in [0, 0.05) is 19.4 Å². The molecule has 0 aliphatic rings. The van der Waals surface area contributed by atoms with Crippen molar-refractivity contribution in [2.24, 2.45) is 39.8 Å². The summed E-state index contributed by atoms with van der Waals surface area (Å²) in [4.78, 5) is 85.6. The fourth-order valence-electron chi connectivity index (χ4n) is 6.44. The maximum absolute atomic E-state index is 14.2. The predicted octanol–water partition coefficient (Wildman–Crippen LogP) is 0.707. The summed E-state index contributed by atoms with van der Waals surface area (Å²) in [7, 11) is 0. The van der Waals surface area contributed by atoms with Gasteiger partial charge in [-0.1, -0.05) is 119 Å². The number of nitrogens with two attached hydrogens (primary N) is 4. The van der Waals surface area contributed by atoms with Crippen molar-refractivity contribution in [1.29, 1.82) is 0 Å². The number of nitrogens with one attached hydrogen (secondary N) is 5. The summed E-state index contributed by atoms with van der Waals surface area (Å²) in [5.41, 5.74) is 25.2. The van der Waals surface area contributed by atoms with Crippen LogP contribution in [0, 0.1) is 11.8 Å². The first-order valence-electron chi connectivity index (χ1n) is 20.3. The molecule has 0 bridgehead atoms. The first-order chi connectivity index (χ1) is 28.5. The minimum Gasteiger partial charge on any atom is -0.370 e. The second kappa shape index (κ2) is 24.6. The molecule has 0 aliphatic carbocycles. The van der Waals surface area contributed by atoms with Crippen molar-refractivity contribution in [2.45, 2.75) is 102 Å². The Bertz CT molecular complexity index is 1870. The molecule has 3 rings (SSSR count). The first-order valence-corrected chi connectivity index (χ1v) is 20.3. The molecule has 3 aromatic rings. The summed E-state index contributed by atoms with van der Waals surface area (Å²) in [6.45, 7) is 7.43. The first kappa shape index (κ1) is 48.1. The lowest BCUT2D eigenvalue weighted by Crippen LogP contribution is -2.60. The van der Waals surface area contributed by atoms with Gasteiger partial charge in [-0.05, 0) is 54.2 Å². The van der Waals surface area contributed by atoms with Crippen molar-refractivity contribution in [2.75, 3.05) is 6.54 Å². The summed E-state index contributed by atoms with van der Waals surface area (Å²) in [6.07, 6.45) is 0.986. The normalized spacial score (nSPS) is 14.1. The molecule has 60 heavy (non-hydrogen) atoms. The third-order valence-corrected chi connectivity index (χ3v) is 9.66. The van der Waals surface area contributed by atoms with Crippen molar-refractivity contribution in [3.05, 3.63) is 108 Å². The van der Waals surface area contributed by atoms with Gasteiger partial charge in [0.05, 0.1) is 6.04 Å². The van der Waals surface area contributed by atoms with E-state index in [-0.39, 0.29) is 62.9 Å². The van der Waals surface area contributed by atoms with E-state index < -0.39 is 71.7 Å². The zero-order valence-electron chi connectivity index (χ0n) is 34.9. The van der Waals surface area contributed by atoms with Crippen LogP contribution in [0.1, 0.15) is 63.6 Å². The number of nitrogens with zero attached hydrogens (tertiary/aromatic N) is 1. The van der Waals surface area contributed by atoms with E-state index >= 15 is 0 Å². The maximum Gasteiger partial charge on any atom is 0.243 e. The number of benzene rings is 3. The van der Waals surface area contributed by atoms with Crippen LogP contribution < -0.4 is 49.5 Å². The highest BCUT2D eigenvalue weighted by atomic mass is 16.2. The third-order valence-electron chi connectivity index (χ3n) is 9.66. The number of carbonyl (C=O) groups is 6. The van der Waals surface area contributed by atoms with Crippen LogP contribution in [-0.4, -0.2) is 84.2 Å². The van der Waals surface area contributed by atoms with Crippen LogP contribution in [0.15, 0.2) is 96.0 Å². The molecule has 0 aliphatic heterocycles. The van der Waals surface area contributed by atoms with Crippen molar-refractivity contribution in [3.8, 4) is 0 Å². The average molecular weight is 827 g/mol. The van der Waals surface area contributed by atoms with Crippen molar-refractivity contribution in [1.82, 2.24) is 26.6 Å². The van der Waals surface area contributed by atoms with Gasteiger partial charge in [0.2, 0.25) is 35.4 Å². The quantitative estimate of drug-likeness (QED) is 0.0349. The van der Waals surface area contributed by atoms with E-state index in [2.05, 4.69) is 31.6 Å². The molecule has 16 nitrogen and oxygen atoms in total. The minimum absolute atomic E-state index is 0.0620. The van der Waals surface area contributed by atoms with E-state index in [0.717, 1.165) is 16.7 Å². The Kier molecular flexibility index (Phi) is 19.7. The predicted molar refractivity (Wildman–Crippen MR) is 231 cm³/mol. The Morgan fingerprint density at radius 1 is 0.533 bits per heavy atom. The Labute approximate surface area is 352 Å². The molecule has 6 atom stereocenters. The van der Waals surface area contributed by atoms with E-state index in [1.54, 1.807) is 62.4 Å². The Morgan fingerprint density at radius 3 is 1.45 bits per heavy atom. The molecular weight excluding hydrogens is 765 g/mol. The SMILES string of the molecule is CC(C)C[C@H](NC(=O)[C@H](Cc1ccccc1)NC(=O)[C@@H](NC(=O)[C@@H](N)Cc1ccccc1)C(C)C)C(=O)N[C@@H](CCCN=C(N)N)C(=O)N[C@@H](Cc1ccccc1)C(N)=O. The number of hydrogen-bond donors (Lipinski definition) is 9. The molecule has 0 aromatic heterocycles. The van der Waals surface area contributed by atoms with Gasteiger partial charge in [-0.25, -0.2) is 0 Å². The molecule has 0 fully saturated rings. The fraction of sp³-hybridized carbons (Fsp3) is 0.432. The molecule has 3 aromatic carbocycles. The van der Waals surface area contributed by atoms with E-state index in [0.29, 0.717) is 0 Å². The number of amides is 6. The second-order valence-corrected chi connectivity index (χ2v) is 15.6. The lowest BCUT2D eigenvalue weighted by molar-refractivity contribution is -0.135. The van der Waals surface area contributed by atoms with E-state index in [9.17, 15) is 28.8 Å². The molecule has 6 amide bonds. The fourth-order valence-corrected chi connectivity index (χ4v) is 6.44. The number of aliphatic imine (C=N–C) groups is 1. The standard InChI is InChI=1S/C44H62N10O6/c1-27(2)23-35(41(58)50-33(21-14-22-49-44(47)48)40(57)51-34(38(46)55)25-30-17-10-6-11-18-30)52-42(59)36(26-31-19-12-7-13-20-31)53-43(60)37(28(3)4)54-39(56)32(45)24-29-15-8-5-9-16-29/h5-13,15-20,27-28,32-37H,14,21-26,45H2,1-4H3,(H2,46,55)(H,50,58)(H,51,57)(H,52,59)(H,53,60)(H,54,56)(H4,47,48,49)/t32-,33-,34-,35-,36-,37-/m0/s1. The minimum atomic E-state index is -1.17. The van der Waals surface area contributed by atoms with Crippen molar-refractivity contribution < 1.29 is 28.8 Å². The molecule has 0 unspecified atom stereocenters. The van der Waals surface area contributed by atoms with E-state index in [1.165, 1.54) is 0 Å². The number of guanidine groups is 1. The smallest absolute Gasteiger partial charge is 0.243 e. The lowest BCUT2D eigenvalue weighted by atomic mass is 9.98. The number of rotatable bonds is 24. The van der Waals surface area contributed by atoms with Gasteiger partial charge in [0.1, 0.15) is 30.2 Å². The van der Waals surface area contributed by atoms with Crippen LogP contribution in [0.2, 0.25) is 0 Å². The highest BCUT2D eigenvalue weighted by molar-refractivity contribution is 5.96. The third kappa shape index (κ3) is 16.9. The van der Waals surface area contributed by atoms with Gasteiger partial charge in [0.25, 0.3) is 0 Å². The van der Waals surface area contributed by atoms with Crippen molar-refractivity contribution >= 4 is 41.4 Å². The Balaban J connectivity index is 1.84. The van der Waals surface area contributed by atoms with Gasteiger partial charge < -0.3 is 49.5 Å². The molecule has 324 valence electrons. The molecular formula is C44H62N10O6. The van der Waals surface area contributed by atoms with Gasteiger partial charge >= 0.3 is 0 Å². The van der Waals surface area contributed by atoms with Crippen LogP contribution in [-0.2, 0) is 48.0 Å². The summed E-state index contributed by atoms with van der Waals surface area (Å²) in [6, 6.07) is 20.8.